The molecular weight excluding hydrogens is 340 g/mol. The molecule has 1 amide bonds. The highest BCUT2D eigenvalue weighted by molar-refractivity contribution is 9.10. The van der Waals surface area contributed by atoms with Crippen molar-refractivity contribution in [1.82, 2.24) is 10.2 Å². The number of halogens is 1. The lowest BCUT2D eigenvalue weighted by Crippen LogP contribution is -2.41. The molecule has 0 radical (unpaired) electrons. The molecule has 4 nitrogen and oxygen atoms in total. The summed E-state index contributed by atoms with van der Waals surface area (Å²) in [4.78, 5) is 15.2. The van der Waals surface area contributed by atoms with E-state index in [2.05, 4.69) is 26.1 Å². The number of carbonyl (C=O) groups excluding carboxylic acids is 1. The summed E-state index contributed by atoms with van der Waals surface area (Å²) in [6, 6.07) is 7.99. The summed E-state index contributed by atoms with van der Waals surface area (Å²) in [6.45, 7) is 5.13. The lowest BCUT2D eigenvalue weighted by molar-refractivity contribution is -0.118. The van der Waals surface area contributed by atoms with Gasteiger partial charge in [0.1, 0.15) is 0 Å². The van der Waals surface area contributed by atoms with Gasteiger partial charge in [-0.3, -0.25) is 9.69 Å². The normalized spacial score (nSPS) is 16.1. The zero-order valence-electron chi connectivity index (χ0n) is 11.3. The molecule has 0 aromatic heterocycles. The molecule has 1 aromatic carbocycles. The van der Waals surface area contributed by atoms with E-state index in [4.69, 9.17) is 4.74 Å². The van der Waals surface area contributed by atoms with Crippen molar-refractivity contribution in [3.05, 3.63) is 28.7 Å². The van der Waals surface area contributed by atoms with Crippen molar-refractivity contribution in [2.24, 2.45) is 0 Å². The van der Waals surface area contributed by atoms with Gasteiger partial charge < -0.3 is 10.1 Å². The molecule has 1 saturated heterocycles. The highest BCUT2D eigenvalue weighted by atomic mass is 79.9. The zero-order valence-corrected chi connectivity index (χ0v) is 13.7. The molecule has 0 atom stereocenters. The molecule has 0 aliphatic carbocycles. The number of nitrogens with one attached hydrogen (secondary N) is 1. The number of morpholine rings is 1. The molecular formula is C14H19BrN2O2S. The summed E-state index contributed by atoms with van der Waals surface area (Å²) in [7, 11) is 0. The Morgan fingerprint density at radius 1 is 1.30 bits per heavy atom. The number of amides is 1. The fourth-order valence-electron chi connectivity index (χ4n) is 1.91. The van der Waals surface area contributed by atoms with Crippen molar-refractivity contribution < 1.29 is 9.53 Å². The zero-order chi connectivity index (χ0) is 14.2. The molecule has 0 saturated carbocycles. The van der Waals surface area contributed by atoms with Gasteiger partial charge in [0.15, 0.2) is 0 Å². The van der Waals surface area contributed by atoms with Crippen LogP contribution in [-0.4, -0.2) is 56.0 Å². The number of hydrogen-bond acceptors (Lipinski definition) is 4. The molecule has 0 spiro atoms. The largest absolute Gasteiger partial charge is 0.379 e. The highest BCUT2D eigenvalue weighted by Crippen LogP contribution is 2.20. The van der Waals surface area contributed by atoms with E-state index in [0.29, 0.717) is 12.3 Å². The molecule has 1 aromatic rings. The number of carbonyl (C=O) groups is 1. The molecule has 1 aliphatic rings. The number of hydrogen-bond donors (Lipinski definition) is 1. The SMILES string of the molecule is O=C(CSc1ccc(Br)cc1)NCCN1CCOCC1. The van der Waals surface area contributed by atoms with Gasteiger partial charge in [0, 0.05) is 35.5 Å². The fourth-order valence-corrected chi connectivity index (χ4v) is 2.90. The average Bonchev–Trinajstić information content (AvgIpc) is 2.48. The van der Waals surface area contributed by atoms with E-state index in [9.17, 15) is 4.79 Å². The lowest BCUT2D eigenvalue weighted by Gasteiger charge is -2.26. The summed E-state index contributed by atoms with van der Waals surface area (Å²) in [5.41, 5.74) is 0. The van der Waals surface area contributed by atoms with Gasteiger partial charge in [-0.2, -0.15) is 0 Å². The van der Waals surface area contributed by atoms with E-state index < -0.39 is 0 Å². The monoisotopic (exact) mass is 358 g/mol. The standard InChI is InChI=1S/C14H19BrN2O2S/c15-12-1-3-13(4-2-12)20-11-14(18)16-5-6-17-7-9-19-10-8-17/h1-4H,5-11H2,(H,16,18). The van der Waals surface area contributed by atoms with Gasteiger partial charge in [0.25, 0.3) is 0 Å². The van der Waals surface area contributed by atoms with Gasteiger partial charge in [0.2, 0.25) is 5.91 Å². The van der Waals surface area contributed by atoms with Crippen LogP contribution in [0.15, 0.2) is 33.6 Å². The summed E-state index contributed by atoms with van der Waals surface area (Å²) in [6.07, 6.45) is 0. The first-order chi connectivity index (χ1) is 9.74. The number of ether oxygens (including phenoxy) is 1. The maximum Gasteiger partial charge on any atom is 0.230 e. The van der Waals surface area contributed by atoms with Crippen LogP contribution < -0.4 is 5.32 Å². The van der Waals surface area contributed by atoms with E-state index in [-0.39, 0.29) is 5.91 Å². The number of nitrogens with zero attached hydrogens (tertiary/aromatic N) is 1. The highest BCUT2D eigenvalue weighted by Gasteiger charge is 2.10. The topological polar surface area (TPSA) is 41.6 Å². The Morgan fingerprint density at radius 2 is 2.00 bits per heavy atom. The Bertz CT molecular complexity index is 422. The minimum absolute atomic E-state index is 0.0891. The minimum Gasteiger partial charge on any atom is -0.379 e. The van der Waals surface area contributed by atoms with E-state index >= 15 is 0 Å². The Morgan fingerprint density at radius 3 is 2.70 bits per heavy atom. The molecule has 0 unspecified atom stereocenters. The predicted molar refractivity (Wildman–Crippen MR) is 85.1 cm³/mol. The van der Waals surface area contributed by atoms with Crippen molar-refractivity contribution in [2.45, 2.75) is 4.90 Å². The molecule has 20 heavy (non-hydrogen) atoms. The molecule has 0 bridgehead atoms. The van der Waals surface area contributed by atoms with Crippen LogP contribution in [0.2, 0.25) is 0 Å². The van der Waals surface area contributed by atoms with Crippen molar-refractivity contribution in [1.29, 1.82) is 0 Å². The summed E-state index contributed by atoms with van der Waals surface area (Å²) >= 11 is 4.95. The quantitative estimate of drug-likeness (QED) is 0.789. The minimum atomic E-state index is 0.0891. The van der Waals surface area contributed by atoms with Crippen LogP contribution in [0.4, 0.5) is 0 Å². The molecule has 1 aliphatic heterocycles. The van der Waals surface area contributed by atoms with E-state index in [1.54, 1.807) is 11.8 Å². The van der Waals surface area contributed by atoms with Crippen LogP contribution in [-0.2, 0) is 9.53 Å². The average molecular weight is 359 g/mol. The van der Waals surface area contributed by atoms with Gasteiger partial charge in [0.05, 0.1) is 19.0 Å². The third-order valence-electron chi connectivity index (χ3n) is 3.04. The van der Waals surface area contributed by atoms with Crippen molar-refractivity contribution in [2.75, 3.05) is 45.1 Å². The van der Waals surface area contributed by atoms with Gasteiger partial charge in [-0.05, 0) is 24.3 Å². The summed E-state index contributed by atoms with van der Waals surface area (Å²) in [5, 5.41) is 2.96. The molecule has 2 rings (SSSR count). The smallest absolute Gasteiger partial charge is 0.230 e. The first-order valence-corrected chi connectivity index (χ1v) is 8.47. The van der Waals surface area contributed by atoms with Gasteiger partial charge in [-0.15, -0.1) is 11.8 Å². The van der Waals surface area contributed by atoms with Crippen molar-refractivity contribution >= 4 is 33.6 Å². The first-order valence-electron chi connectivity index (χ1n) is 6.69. The van der Waals surface area contributed by atoms with Gasteiger partial charge in [-0.1, -0.05) is 15.9 Å². The van der Waals surface area contributed by atoms with Crippen LogP contribution in [0.25, 0.3) is 0 Å². The van der Waals surface area contributed by atoms with Crippen LogP contribution in [0.3, 0.4) is 0 Å². The van der Waals surface area contributed by atoms with Crippen LogP contribution in [0, 0.1) is 0 Å². The molecule has 110 valence electrons. The number of rotatable bonds is 6. The molecule has 1 N–H and O–H groups in total. The molecule has 1 fully saturated rings. The second-order valence-corrected chi connectivity index (χ2v) is 6.51. The second-order valence-electron chi connectivity index (χ2n) is 4.55. The number of thioether (sulfide) groups is 1. The van der Waals surface area contributed by atoms with E-state index in [0.717, 1.165) is 42.2 Å². The van der Waals surface area contributed by atoms with Crippen LogP contribution >= 0.6 is 27.7 Å². The number of benzene rings is 1. The maximum atomic E-state index is 11.7. The van der Waals surface area contributed by atoms with Crippen molar-refractivity contribution in [3.63, 3.8) is 0 Å². The van der Waals surface area contributed by atoms with E-state index in [1.165, 1.54) is 0 Å². The third kappa shape index (κ3) is 5.83. The second kappa shape index (κ2) is 8.67. The maximum absolute atomic E-state index is 11.7. The Labute approximate surface area is 132 Å². The Hall–Kier alpha value is -0.560. The predicted octanol–water partition coefficient (Wildman–Crippen LogP) is 1.99. The molecule has 6 heteroatoms. The van der Waals surface area contributed by atoms with Crippen molar-refractivity contribution in [3.8, 4) is 0 Å². The Balaban J connectivity index is 1.59. The van der Waals surface area contributed by atoms with Gasteiger partial charge >= 0.3 is 0 Å². The third-order valence-corrected chi connectivity index (χ3v) is 4.58. The van der Waals surface area contributed by atoms with Crippen LogP contribution in [0.1, 0.15) is 0 Å². The Kier molecular flexibility index (Phi) is 6.86. The lowest BCUT2D eigenvalue weighted by atomic mass is 10.4. The first kappa shape index (κ1) is 15.8. The van der Waals surface area contributed by atoms with Crippen LogP contribution in [0.5, 0.6) is 0 Å². The van der Waals surface area contributed by atoms with E-state index in [1.807, 2.05) is 24.3 Å². The summed E-state index contributed by atoms with van der Waals surface area (Å²) in [5.74, 6) is 0.552. The van der Waals surface area contributed by atoms with Gasteiger partial charge in [-0.25, -0.2) is 0 Å². The molecule has 1 heterocycles. The summed E-state index contributed by atoms with van der Waals surface area (Å²) < 4.78 is 6.34. The fraction of sp³-hybridized carbons (Fsp3) is 0.500.